The SMILES string of the molecule is c1ccc(-c2ccc(N(c3cccc(-c4ccccc4)c3)c3cccc4c3oc3c4ccc4oc5ccccc5c43)cc2)cc1. The van der Waals surface area contributed by atoms with Gasteiger partial charge in [0.2, 0.25) is 0 Å². The predicted octanol–water partition coefficient (Wildman–Crippen LogP) is 12.3. The normalized spacial score (nSPS) is 11.6. The van der Waals surface area contributed by atoms with Crippen LogP contribution in [0.1, 0.15) is 0 Å². The third kappa shape index (κ3) is 4.21. The Morgan fingerprint density at radius 3 is 1.78 bits per heavy atom. The molecule has 0 aliphatic rings. The van der Waals surface area contributed by atoms with Crippen LogP contribution in [-0.4, -0.2) is 0 Å². The zero-order valence-corrected chi connectivity index (χ0v) is 24.4. The highest BCUT2D eigenvalue weighted by Crippen LogP contribution is 2.45. The van der Waals surface area contributed by atoms with Crippen molar-refractivity contribution in [1.82, 2.24) is 0 Å². The van der Waals surface area contributed by atoms with Crippen LogP contribution in [0.25, 0.3) is 66.1 Å². The van der Waals surface area contributed by atoms with E-state index in [9.17, 15) is 0 Å². The molecule has 9 rings (SSSR count). The summed E-state index contributed by atoms with van der Waals surface area (Å²) in [6, 6.07) is 57.3. The van der Waals surface area contributed by atoms with Crippen molar-refractivity contribution in [3.8, 4) is 22.3 Å². The molecule has 0 saturated carbocycles. The molecule has 3 nitrogen and oxygen atoms in total. The number of para-hydroxylation sites is 2. The third-order valence-corrected chi connectivity index (χ3v) is 8.67. The number of hydrogen-bond donors (Lipinski definition) is 0. The molecule has 7 aromatic carbocycles. The molecule has 212 valence electrons. The topological polar surface area (TPSA) is 29.5 Å². The molecule has 0 saturated heterocycles. The Hall–Kier alpha value is -6.06. The molecular weight excluding hydrogens is 550 g/mol. The third-order valence-electron chi connectivity index (χ3n) is 8.67. The Balaban J connectivity index is 1.28. The van der Waals surface area contributed by atoms with Crippen LogP contribution in [0.4, 0.5) is 17.1 Å². The highest BCUT2D eigenvalue weighted by molar-refractivity contribution is 6.23. The Morgan fingerprint density at radius 2 is 0.978 bits per heavy atom. The predicted molar refractivity (Wildman–Crippen MR) is 187 cm³/mol. The van der Waals surface area contributed by atoms with Gasteiger partial charge in [0.05, 0.1) is 11.1 Å². The highest BCUT2D eigenvalue weighted by atomic mass is 16.3. The maximum atomic E-state index is 6.89. The van der Waals surface area contributed by atoms with Crippen LogP contribution in [0.15, 0.2) is 173 Å². The van der Waals surface area contributed by atoms with E-state index in [-0.39, 0.29) is 0 Å². The standard InChI is InChI=1S/C42H27NO2/c1-3-11-28(12-4-1)30-21-23-32(24-22-30)43(33-16-9-15-31(27-33)29-13-5-2-6-14-29)37-19-10-18-34-35-25-26-39-40(42(35)45-41(34)37)36-17-7-8-20-38(36)44-39/h1-27H. The van der Waals surface area contributed by atoms with E-state index in [1.807, 2.05) is 24.3 Å². The van der Waals surface area contributed by atoms with Crippen molar-refractivity contribution in [1.29, 1.82) is 0 Å². The molecule has 0 radical (unpaired) electrons. The lowest BCUT2D eigenvalue weighted by Gasteiger charge is -2.26. The summed E-state index contributed by atoms with van der Waals surface area (Å²) in [7, 11) is 0. The van der Waals surface area contributed by atoms with Gasteiger partial charge in [-0.3, -0.25) is 0 Å². The number of anilines is 3. The molecule has 0 aliphatic heterocycles. The fourth-order valence-electron chi connectivity index (χ4n) is 6.54. The molecule has 0 atom stereocenters. The molecule has 0 amide bonds. The van der Waals surface area contributed by atoms with Crippen molar-refractivity contribution in [2.45, 2.75) is 0 Å². The van der Waals surface area contributed by atoms with Crippen molar-refractivity contribution in [2.75, 3.05) is 4.90 Å². The first-order valence-electron chi connectivity index (χ1n) is 15.2. The van der Waals surface area contributed by atoms with E-state index in [1.165, 1.54) is 16.7 Å². The second-order valence-corrected chi connectivity index (χ2v) is 11.3. The minimum Gasteiger partial charge on any atom is -0.456 e. The van der Waals surface area contributed by atoms with Crippen LogP contribution in [0.2, 0.25) is 0 Å². The van der Waals surface area contributed by atoms with Crippen molar-refractivity contribution >= 4 is 60.9 Å². The summed E-state index contributed by atoms with van der Waals surface area (Å²) in [4.78, 5) is 2.30. The van der Waals surface area contributed by atoms with E-state index in [0.29, 0.717) is 0 Å². The van der Waals surface area contributed by atoms with Gasteiger partial charge >= 0.3 is 0 Å². The lowest BCUT2D eigenvalue weighted by molar-refractivity contribution is 0.663. The Bertz CT molecular complexity index is 2470. The van der Waals surface area contributed by atoms with Crippen LogP contribution >= 0.6 is 0 Å². The maximum absolute atomic E-state index is 6.89. The van der Waals surface area contributed by atoms with Gasteiger partial charge in [0.25, 0.3) is 0 Å². The smallest absolute Gasteiger partial charge is 0.159 e. The minimum absolute atomic E-state index is 0.827. The monoisotopic (exact) mass is 577 g/mol. The van der Waals surface area contributed by atoms with Crippen LogP contribution in [0.3, 0.4) is 0 Å². The first-order valence-corrected chi connectivity index (χ1v) is 15.2. The molecule has 0 bridgehead atoms. The number of fused-ring (bicyclic) bond motifs is 7. The summed E-state index contributed by atoms with van der Waals surface area (Å²) in [5.74, 6) is 0. The van der Waals surface area contributed by atoms with Crippen molar-refractivity contribution < 1.29 is 8.83 Å². The molecule has 3 heteroatoms. The fraction of sp³-hybridized carbons (Fsp3) is 0. The summed E-state index contributed by atoms with van der Waals surface area (Å²) < 4.78 is 13.1. The van der Waals surface area contributed by atoms with Gasteiger partial charge in [0.1, 0.15) is 16.7 Å². The van der Waals surface area contributed by atoms with Crippen LogP contribution in [0.5, 0.6) is 0 Å². The van der Waals surface area contributed by atoms with Crippen molar-refractivity contribution in [2.24, 2.45) is 0 Å². The van der Waals surface area contributed by atoms with E-state index < -0.39 is 0 Å². The minimum atomic E-state index is 0.827. The summed E-state index contributed by atoms with van der Waals surface area (Å²) in [5, 5.41) is 4.21. The average molecular weight is 578 g/mol. The summed E-state index contributed by atoms with van der Waals surface area (Å²) in [6.07, 6.45) is 0. The number of furan rings is 2. The largest absolute Gasteiger partial charge is 0.456 e. The molecular formula is C42H27NO2. The highest BCUT2D eigenvalue weighted by Gasteiger charge is 2.22. The molecule has 0 N–H and O–H groups in total. The molecule has 9 aromatic rings. The van der Waals surface area contributed by atoms with Gasteiger partial charge in [0, 0.05) is 27.5 Å². The lowest BCUT2D eigenvalue weighted by Crippen LogP contribution is -2.10. The van der Waals surface area contributed by atoms with Gasteiger partial charge in [-0.1, -0.05) is 115 Å². The van der Waals surface area contributed by atoms with E-state index >= 15 is 0 Å². The van der Waals surface area contributed by atoms with Crippen LogP contribution in [-0.2, 0) is 0 Å². The van der Waals surface area contributed by atoms with Gasteiger partial charge in [-0.2, -0.15) is 0 Å². The van der Waals surface area contributed by atoms with Gasteiger partial charge in [-0.15, -0.1) is 0 Å². The van der Waals surface area contributed by atoms with E-state index in [0.717, 1.165) is 66.5 Å². The van der Waals surface area contributed by atoms with Gasteiger partial charge in [0.15, 0.2) is 5.58 Å². The first kappa shape index (κ1) is 25.4. The molecule has 2 aromatic heterocycles. The van der Waals surface area contributed by atoms with Gasteiger partial charge in [-0.05, 0) is 70.8 Å². The maximum Gasteiger partial charge on any atom is 0.159 e. The fourth-order valence-corrected chi connectivity index (χ4v) is 6.54. The summed E-state index contributed by atoms with van der Waals surface area (Å²) in [5.41, 5.74) is 11.1. The summed E-state index contributed by atoms with van der Waals surface area (Å²) in [6.45, 7) is 0. The van der Waals surface area contributed by atoms with Gasteiger partial charge < -0.3 is 13.7 Å². The van der Waals surface area contributed by atoms with E-state index in [1.54, 1.807) is 0 Å². The zero-order chi connectivity index (χ0) is 29.7. The second-order valence-electron chi connectivity index (χ2n) is 11.3. The number of benzene rings is 7. The molecule has 45 heavy (non-hydrogen) atoms. The zero-order valence-electron chi connectivity index (χ0n) is 24.4. The average Bonchev–Trinajstić information content (AvgIpc) is 3.69. The Morgan fingerprint density at radius 1 is 0.356 bits per heavy atom. The van der Waals surface area contributed by atoms with E-state index in [4.69, 9.17) is 8.83 Å². The molecule has 0 unspecified atom stereocenters. The van der Waals surface area contributed by atoms with E-state index in [2.05, 4.69) is 144 Å². The number of rotatable bonds is 5. The van der Waals surface area contributed by atoms with Crippen LogP contribution < -0.4 is 4.90 Å². The Labute approximate surface area is 260 Å². The molecule has 2 heterocycles. The first-order chi connectivity index (χ1) is 22.3. The molecule has 0 spiro atoms. The number of nitrogens with zero attached hydrogens (tertiary/aromatic N) is 1. The summed E-state index contributed by atoms with van der Waals surface area (Å²) >= 11 is 0. The molecule has 0 fully saturated rings. The molecule has 0 aliphatic carbocycles. The van der Waals surface area contributed by atoms with Crippen LogP contribution in [0, 0.1) is 0 Å². The van der Waals surface area contributed by atoms with Crippen molar-refractivity contribution in [3.63, 3.8) is 0 Å². The quantitative estimate of drug-likeness (QED) is 0.204. The number of hydrogen-bond acceptors (Lipinski definition) is 3. The van der Waals surface area contributed by atoms with Gasteiger partial charge in [-0.25, -0.2) is 0 Å². The second kappa shape index (κ2) is 10.3. The lowest BCUT2D eigenvalue weighted by atomic mass is 10.0. The van der Waals surface area contributed by atoms with Crippen molar-refractivity contribution in [3.05, 3.63) is 164 Å². The Kier molecular flexibility index (Phi) is 5.82.